The van der Waals surface area contributed by atoms with Crippen LogP contribution in [0.5, 0.6) is 0 Å². The van der Waals surface area contributed by atoms with E-state index in [1.54, 1.807) is 11.3 Å². The predicted octanol–water partition coefficient (Wildman–Crippen LogP) is 3.96. The maximum Gasteiger partial charge on any atom is 0.244 e. The summed E-state index contributed by atoms with van der Waals surface area (Å²) in [5.74, 6) is -0.0733. The van der Waals surface area contributed by atoms with Crippen LogP contribution in [-0.4, -0.2) is 19.0 Å². The topological polar surface area (TPSA) is 56.1 Å². The molecule has 4 nitrogen and oxygen atoms in total. The number of nitrogens with one attached hydrogen (secondary N) is 1. The molecule has 2 aromatic rings. The number of aryl methyl sites for hydroxylation is 1. The van der Waals surface area contributed by atoms with Crippen molar-refractivity contribution in [2.45, 2.75) is 32.6 Å². The number of likely N-dealkylation sites (N-methyl/N-ethyl adjacent to an activating group) is 1. The number of carbonyl (C=O) groups is 1. The van der Waals surface area contributed by atoms with Gasteiger partial charge in [0.15, 0.2) is 0 Å². The van der Waals surface area contributed by atoms with Crippen molar-refractivity contribution in [2.24, 2.45) is 0 Å². The summed E-state index contributed by atoms with van der Waals surface area (Å²) in [5, 5.41) is 13.2. The molecule has 1 N–H and O–H groups in total. The van der Waals surface area contributed by atoms with Gasteiger partial charge in [0.05, 0.1) is 12.1 Å². The van der Waals surface area contributed by atoms with Gasteiger partial charge in [-0.25, -0.2) is 0 Å². The third kappa shape index (κ3) is 3.44. The van der Waals surface area contributed by atoms with Gasteiger partial charge < -0.3 is 10.2 Å². The zero-order valence-corrected chi connectivity index (χ0v) is 14.7. The molecule has 124 valence electrons. The molecule has 1 aromatic heterocycles. The van der Waals surface area contributed by atoms with Crippen molar-refractivity contribution in [1.29, 1.82) is 5.26 Å². The van der Waals surface area contributed by atoms with E-state index < -0.39 is 0 Å². The molecular formula is C19H21N3OS. The molecule has 1 aromatic carbocycles. The largest absolute Gasteiger partial charge is 0.362 e. The molecule has 0 aliphatic heterocycles. The number of fused-ring (bicyclic) bond motifs is 1. The van der Waals surface area contributed by atoms with E-state index in [2.05, 4.69) is 11.4 Å². The van der Waals surface area contributed by atoms with Crippen LogP contribution in [-0.2, 0) is 17.6 Å². The number of benzene rings is 1. The summed E-state index contributed by atoms with van der Waals surface area (Å²) < 4.78 is 0. The van der Waals surface area contributed by atoms with Crippen molar-refractivity contribution in [3.05, 3.63) is 46.3 Å². The Bertz CT molecular complexity index is 761. The number of thiophene rings is 1. The van der Waals surface area contributed by atoms with E-state index in [1.165, 1.54) is 11.3 Å². The number of rotatable bonds is 5. The van der Waals surface area contributed by atoms with Crippen molar-refractivity contribution in [3.63, 3.8) is 0 Å². The lowest BCUT2D eigenvalue weighted by Crippen LogP contribution is -2.33. The van der Waals surface area contributed by atoms with E-state index in [1.807, 2.05) is 42.2 Å². The third-order valence-electron chi connectivity index (χ3n) is 4.37. The first-order valence-corrected chi connectivity index (χ1v) is 9.19. The van der Waals surface area contributed by atoms with Crippen LogP contribution in [0.15, 0.2) is 30.3 Å². The van der Waals surface area contributed by atoms with Crippen LogP contribution in [0.1, 0.15) is 35.8 Å². The molecule has 0 radical (unpaired) electrons. The van der Waals surface area contributed by atoms with Crippen molar-refractivity contribution in [3.8, 4) is 6.07 Å². The van der Waals surface area contributed by atoms with Crippen LogP contribution in [0.2, 0.25) is 0 Å². The van der Waals surface area contributed by atoms with E-state index in [0.29, 0.717) is 5.56 Å². The molecule has 0 atom stereocenters. The number of anilines is 2. The van der Waals surface area contributed by atoms with E-state index >= 15 is 0 Å². The lowest BCUT2D eigenvalue weighted by atomic mass is 9.96. The normalized spacial score (nSPS) is 13.0. The van der Waals surface area contributed by atoms with Crippen molar-refractivity contribution in [1.82, 2.24) is 0 Å². The van der Waals surface area contributed by atoms with Crippen LogP contribution in [0.25, 0.3) is 0 Å². The van der Waals surface area contributed by atoms with Crippen LogP contribution < -0.4 is 10.2 Å². The Balaban J connectivity index is 1.73. The molecule has 0 bridgehead atoms. The summed E-state index contributed by atoms with van der Waals surface area (Å²) in [4.78, 5) is 15.8. The van der Waals surface area contributed by atoms with E-state index in [0.717, 1.165) is 42.1 Å². The van der Waals surface area contributed by atoms with Gasteiger partial charge in [-0.2, -0.15) is 5.26 Å². The Kier molecular flexibility index (Phi) is 5.17. The number of hydrogen-bond acceptors (Lipinski definition) is 4. The molecule has 1 amide bonds. The van der Waals surface area contributed by atoms with Crippen molar-refractivity contribution < 1.29 is 4.79 Å². The fraction of sp³-hybridized carbons (Fsp3) is 0.368. The molecule has 1 aliphatic carbocycles. The molecular weight excluding hydrogens is 318 g/mol. The average molecular weight is 339 g/mol. The van der Waals surface area contributed by atoms with Crippen LogP contribution in [0, 0.1) is 11.3 Å². The van der Waals surface area contributed by atoms with Gasteiger partial charge in [0.1, 0.15) is 11.1 Å². The van der Waals surface area contributed by atoms with E-state index in [9.17, 15) is 10.1 Å². The fourth-order valence-corrected chi connectivity index (χ4v) is 4.39. The summed E-state index contributed by atoms with van der Waals surface area (Å²) in [6, 6.07) is 12.2. The zero-order chi connectivity index (χ0) is 16.9. The van der Waals surface area contributed by atoms with Gasteiger partial charge >= 0.3 is 0 Å². The Labute approximate surface area is 146 Å². The minimum atomic E-state index is -0.0733. The maximum absolute atomic E-state index is 12.5. The molecule has 5 heteroatoms. The van der Waals surface area contributed by atoms with Crippen LogP contribution in [0.3, 0.4) is 0 Å². The minimum absolute atomic E-state index is 0.0733. The highest BCUT2D eigenvalue weighted by Crippen LogP contribution is 2.37. The van der Waals surface area contributed by atoms with Crippen LogP contribution >= 0.6 is 11.3 Å². The summed E-state index contributed by atoms with van der Waals surface area (Å²) in [7, 11) is 0. The van der Waals surface area contributed by atoms with Gasteiger partial charge in [-0.05, 0) is 50.3 Å². The van der Waals surface area contributed by atoms with Gasteiger partial charge in [-0.3, -0.25) is 4.79 Å². The maximum atomic E-state index is 12.5. The predicted molar refractivity (Wildman–Crippen MR) is 98.6 cm³/mol. The summed E-state index contributed by atoms with van der Waals surface area (Å²) in [6.07, 6.45) is 4.28. The molecule has 0 saturated carbocycles. The molecule has 0 saturated heterocycles. The fourth-order valence-electron chi connectivity index (χ4n) is 3.14. The minimum Gasteiger partial charge on any atom is -0.362 e. The molecule has 24 heavy (non-hydrogen) atoms. The Morgan fingerprint density at radius 2 is 2.04 bits per heavy atom. The van der Waals surface area contributed by atoms with Crippen LogP contribution in [0.4, 0.5) is 10.7 Å². The second-order valence-electron chi connectivity index (χ2n) is 5.92. The standard InChI is InChI=1S/C19H21N3OS/c1-2-22(14-8-4-3-5-9-14)13-18(23)21-19-16(12-20)15-10-6-7-11-17(15)24-19/h3-5,8-9H,2,6-7,10-11,13H2,1H3,(H,21,23). The SMILES string of the molecule is CCN(CC(=O)Nc1sc2c(c1C#N)CCCC2)c1ccccc1. The molecule has 1 aliphatic rings. The number of carbonyl (C=O) groups excluding carboxylic acids is 1. The first-order chi connectivity index (χ1) is 11.7. The quantitative estimate of drug-likeness (QED) is 0.897. The Hall–Kier alpha value is -2.32. The number of amides is 1. The highest BCUT2D eigenvalue weighted by molar-refractivity contribution is 7.16. The second kappa shape index (κ2) is 7.50. The number of hydrogen-bond donors (Lipinski definition) is 1. The Morgan fingerprint density at radius 1 is 1.29 bits per heavy atom. The average Bonchev–Trinajstić information content (AvgIpc) is 2.97. The number of nitrogens with zero attached hydrogens (tertiary/aromatic N) is 2. The van der Waals surface area contributed by atoms with Crippen molar-refractivity contribution in [2.75, 3.05) is 23.3 Å². The highest BCUT2D eigenvalue weighted by atomic mass is 32.1. The first kappa shape index (κ1) is 16.5. The monoisotopic (exact) mass is 339 g/mol. The highest BCUT2D eigenvalue weighted by Gasteiger charge is 2.22. The molecule has 0 unspecified atom stereocenters. The molecule has 1 heterocycles. The van der Waals surface area contributed by atoms with E-state index in [-0.39, 0.29) is 12.5 Å². The molecule has 3 rings (SSSR count). The lowest BCUT2D eigenvalue weighted by Gasteiger charge is -2.22. The van der Waals surface area contributed by atoms with Crippen molar-refractivity contribution >= 4 is 27.9 Å². The number of nitriles is 1. The zero-order valence-electron chi connectivity index (χ0n) is 13.8. The third-order valence-corrected chi connectivity index (χ3v) is 5.58. The Morgan fingerprint density at radius 3 is 2.75 bits per heavy atom. The van der Waals surface area contributed by atoms with Gasteiger partial charge in [0.25, 0.3) is 0 Å². The van der Waals surface area contributed by atoms with Gasteiger partial charge in [-0.15, -0.1) is 11.3 Å². The summed E-state index contributed by atoms with van der Waals surface area (Å²) in [6.45, 7) is 3.07. The summed E-state index contributed by atoms with van der Waals surface area (Å²) in [5.41, 5.74) is 2.85. The molecule has 0 spiro atoms. The smallest absolute Gasteiger partial charge is 0.244 e. The van der Waals surface area contributed by atoms with Gasteiger partial charge in [0.2, 0.25) is 5.91 Å². The summed E-state index contributed by atoms with van der Waals surface area (Å²) >= 11 is 1.57. The first-order valence-electron chi connectivity index (χ1n) is 8.37. The molecule has 0 fully saturated rings. The number of para-hydroxylation sites is 1. The van der Waals surface area contributed by atoms with Gasteiger partial charge in [0, 0.05) is 17.1 Å². The van der Waals surface area contributed by atoms with Gasteiger partial charge in [-0.1, -0.05) is 18.2 Å². The van der Waals surface area contributed by atoms with E-state index in [4.69, 9.17) is 0 Å². The lowest BCUT2D eigenvalue weighted by molar-refractivity contribution is -0.114. The second-order valence-corrected chi connectivity index (χ2v) is 7.03.